The first-order valence-electron chi connectivity index (χ1n) is 6.41. The van der Waals surface area contributed by atoms with E-state index in [0.717, 1.165) is 30.9 Å². The highest BCUT2D eigenvalue weighted by Gasteiger charge is 2.24. The minimum atomic E-state index is -0.378. The number of anilines is 1. The van der Waals surface area contributed by atoms with Gasteiger partial charge in [-0.25, -0.2) is 4.79 Å². The summed E-state index contributed by atoms with van der Waals surface area (Å²) in [5.74, 6) is 0. The Hall–Kier alpha value is -1.82. The number of nitrogens with two attached hydrogens (primary N) is 1. The van der Waals surface area contributed by atoms with Crippen LogP contribution >= 0.6 is 0 Å². The molecule has 6 heteroatoms. The summed E-state index contributed by atoms with van der Waals surface area (Å²) in [6, 6.07) is 4.04. The van der Waals surface area contributed by atoms with Crippen LogP contribution in [0.25, 0.3) is 0 Å². The molecule has 1 amide bonds. The first-order valence-corrected chi connectivity index (χ1v) is 6.41. The lowest BCUT2D eigenvalue weighted by molar-refractivity contribution is 0.167. The zero-order chi connectivity index (χ0) is 13.8. The van der Waals surface area contributed by atoms with Gasteiger partial charge in [0.15, 0.2) is 0 Å². The Morgan fingerprint density at radius 2 is 2.42 bits per heavy atom. The van der Waals surface area contributed by atoms with Gasteiger partial charge in [-0.05, 0) is 25.5 Å². The summed E-state index contributed by atoms with van der Waals surface area (Å²) in [5, 5.41) is 2.81. The Morgan fingerprint density at radius 3 is 3.00 bits per heavy atom. The second-order valence-corrected chi connectivity index (χ2v) is 4.80. The van der Waals surface area contributed by atoms with Gasteiger partial charge in [0.2, 0.25) is 0 Å². The van der Waals surface area contributed by atoms with E-state index in [1.807, 2.05) is 25.3 Å². The molecule has 1 aliphatic rings. The predicted octanol–water partition coefficient (Wildman–Crippen LogP) is 1.04. The lowest BCUT2D eigenvalue weighted by Gasteiger charge is -2.19. The van der Waals surface area contributed by atoms with E-state index < -0.39 is 0 Å². The molecule has 0 saturated carbocycles. The molecule has 1 aliphatic heterocycles. The number of pyridine rings is 1. The molecule has 6 nitrogen and oxygen atoms in total. The van der Waals surface area contributed by atoms with Crippen LogP contribution in [-0.4, -0.2) is 37.3 Å². The van der Waals surface area contributed by atoms with E-state index in [9.17, 15) is 4.79 Å². The summed E-state index contributed by atoms with van der Waals surface area (Å²) in [6.07, 6.45) is 2.36. The van der Waals surface area contributed by atoms with E-state index in [1.54, 1.807) is 0 Å². The summed E-state index contributed by atoms with van der Waals surface area (Å²) >= 11 is 0. The fraction of sp³-hybridized carbons (Fsp3) is 0.538. The van der Waals surface area contributed by atoms with Gasteiger partial charge < -0.3 is 20.7 Å². The number of rotatable bonds is 3. The molecule has 2 rings (SSSR count). The third-order valence-corrected chi connectivity index (χ3v) is 3.30. The van der Waals surface area contributed by atoms with Crippen molar-refractivity contribution in [1.29, 1.82) is 0 Å². The van der Waals surface area contributed by atoms with Crippen LogP contribution in [0.15, 0.2) is 18.3 Å². The van der Waals surface area contributed by atoms with Gasteiger partial charge in [0.25, 0.3) is 0 Å². The molecule has 1 fully saturated rings. The molecular weight excluding hydrogens is 244 g/mol. The van der Waals surface area contributed by atoms with Gasteiger partial charge in [-0.2, -0.15) is 0 Å². The maximum atomic E-state index is 11.2. The number of amides is 1. The Morgan fingerprint density at radius 1 is 1.63 bits per heavy atom. The highest BCUT2D eigenvalue weighted by molar-refractivity contribution is 5.67. The van der Waals surface area contributed by atoms with Crippen molar-refractivity contribution >= 4 is 11.8 Å². The number of alkyl carbamates (subject to hydrolysis) is 1. The number of carbonyl (C=O) groups is 1. The zero-order valence-corrected chi connectivity index (χ0v) is 11.3. The minimum absolute atomic E-state index is 0.0543. The quantitative estimate of drug-likeness (QED) is 0.852. The molecule has 0 aliphatic carbocycles. The van der Waals surface area contributed by atoms with Gasteiger partial charge >= 0.3 is 6.09 Å². The number of nitrogens with one attached hydrogen (secondary N) is 1. The van der Waals surface area contributed by atoms with Crippen LogP contribution in [-0.2, 0) is 4.74 Å². The number of carbonyl (C=O) groups excluding carboxylic acids is 1. The van der Waals surface area contributed by atoms with Gasteiger partial charge in [-0.15, -0.1) is 0 Å². The Bertz CT molecular complexity index is 433. The average Bonchev–Trinajstić information content (AvgIpc) is 2.87. The second-order valence-electron chi connectivity index (χ2n) is 4.80. The van der Waals surface area contributed by atoms with Gasteiger partial charge in [0.05, 0.1) is 30.7 Å². The molecule has 1 aromatic rings. The van der Waals surface area contributed by atoms with Crippen molar-refractivity contribution in [3.63, 3.8) is 0 Å². The molecule has 2 heterocycles. The van der Waals surface area contributed by atoms with Crippen molar-refractivity contribution in [1.82, 2.24) is 10.3 Å². The molecule has 0 bridgehead atoms. The molecule has 0 radical (unpaired) electrons. The zero-order valence-electron chi connectivity index (χ0n) is 11.3. The molecule has 2 unspecified atom stereocenters. The number of hydrogen-bond acceptors (Lipinski definition) is 5. The first kappa shape index (κ1) is 13.6. The van der Waals surface area contributed by atoms with E-state index in [0.29, 0.717) is 0 Å². The van der Waals surface area contributed by atoms with E-state index in [4.69, 9.17) is 5.73 Å². The van der Waals surface area contributed by atoms with Crippen molar-refractivity contribution in [2.75, 3.05) is 25.1 Å². The molecule has 1 saturated heterocycles. The molecule has 0 aromatic carbocycles. The highest BCUT2D eigenvalue weighted by atomic mass is 16.5. The van der Waals surface area contributed by atoms with Crippen LogP contribution in [0.4, 0.5) is 10.5 Å². The van der Waals surface area contributed by atoms with Crippen molar-refractivity contribution < 1.29 is 9.53 Å². The monoisotopic (exact) mass is 264 g/mol. The maximum absolute atomic E-state index is 11.2. The molecular formula is C13H20N4O2. The van der Waals surface area contributed by atoms with Crippen LogP contribution in [0.5, 0.6) is 0 Å². The molecule has 2 atom stereocenters. The number of nitrogens with zero attached hydrogens (tertiary/aromatic N) is 2. The van der Waals surface area contributed by atoms with Crippen LogP contribution in [0, 0.1) is 0 Å². The fourth-order valence-electron chi connectivity index (χ4n) is 2.19. The summed E-state index contributed by atoms with van der Waals surface area (Å²) in [5.41, 5.74) is 7.71. The summed E-state index contributed by atoms with van der Waals surface area (Å²) < 4.78 is 4.60. The SMILES string of the molecule is COC(=O)NC1CCN(c2ccc(C(C)N)nc2)C1. The van der Waals surface area contributed by atoms with E-state index in [2.05, 4.69) is 19.9 Å². The van der Waals surface area contributed by atoms with Crippen LogP contribution < -0.4 is 16.0 Å². The summed E-state index contributed by atoms with van der Waals surface area (Å²) in [7, 11) is 1.37. The number of methoxy groups -OCH3 is 1. The number of ether oxygens (including phenoxy) is 1. The average molecular weight is 264 g/mol. The smallest absolute Gasteiger partial charge is 0.407 e. The lowest BCUT2D eigenvalue weighted by Crippen LogP contribution is -2.36. The Labute approximate surface area is 112 Å². The third kappa shape index (κ3) is 3.35. The Balaban J connectivity index is 1.95. The molecule has 19 heavy (non-hydrogen) atoms. The van der Waals surface area contributed by atoms with Crippen LogP contribution in [0.3, 0.4) is 0 Å². The third-order valence-electron chi connectivity index (χ3n) is 3.30. The fourth-order valence-corrected chi connectivity index (χ4v) is 2.19. The maximum Gasteiger partial charge on any atom is 0.407 e. The van der Waals surface area contributed by atoms with Crippen molar-refractivity contribution in [3.05, 3.63) is 24.0 Å². The van der Waals surface area contributed by atoms with E-state index in [1.165, 1.54) is 7.11 Å². The topological polar surface area (TPSA) is 80.5 Å². The minimum Gasteiger partial charge on any atom is -0.453 e. The second kappa shape index (κ2) is 5.88. The van der Waals surface area contributed by atoms with Crippen molar-refractivity contribution in [3.8, 4) is 0 Å². The van der Waals surface area contributed by atoms with E-state index >= 15 is 0 Å². The standard InChI is InChI=1S/C13H20N4O2/c1-9(14)12-4-3-11(7-15-12)17-6-5-10(8-17)16-13(18)19-2/h3-4,7,9-10H,5-6,8,14H2,1-2H3,(H,16,18). The first-order chi connectivity index (χ1) is 9.10. The Kier molecular flexibility index (Phi) is 4.21. The van der Waals surface area contributed by atoms with Crippen molar-refractivity contribution in [2.45, 2.75) is 25.4 Å². The number of hydrogen-bond donors (Lipinski definition) is 2. The highest BCUT2D eigenvalue weighted by Crippen LogP contribution is 2.20. The van der Waals surface area contributed by atoms with Gasteiger partial charge in [-0.1, -0.05) is 0 Å². The predicted molar refractivity (Wildman–Crippen MR) is 73.0 cm³/mol. The molecule has 0 spiro atoms. The molecule has 1 aromatic heterocycles. The van der Waals surface area contributed by atoms with Gasteiger partial charge in [-0.3, -0.25) is 4.98 Å². The van der Waals surface area contributed by atoms with Crippen LogP contribution in [0.1, 0.15) is 25.1 Å². The molecule has 104 valence electrons. The summed E-state index contributed by atoms with van der Waals surface area (Å²) in [6.45, 7) is 3.58. The largest absolute Gasteiger partial charge is 0.453 e. The van der Waals surface area contributed by atoms with Gasteiger partial charge in [0.1, 0.15) is 0 Å². The van der Waals surface area contributed by atoms with Gasteiger partial charge in [0, 0.05) is 19.1 Å². The normalized spacial score (nSPS) is 20.2. The van der Waals surface area contributed by atoms with Crippen molar-refractivity contribution in [2.24, 2.45) is 5.73 Å². The molecule has 3 N–H and O–H groups in total. The van der Waals surface area contributed by atoms with E-state index in [-0.39, 0.29) is 18.2 Å². The summed E-state index contributed by atoms with van der Waals surface area (Å²) in [4.78, 5) is 17.7. The lowest BCUT2D eigenvalue weighted by atomic mass is 10.2. The van der Waals surface area contributed by atoms with Crippen LogP contribution in [0.2, 0.25) is 0 Å². The number of aromatic nitrogens is 1.